The summed E-state index contributed by atoms with van der Waals surface area (Å²) in [5.74, 6) is -0.420. The number of carboxylic acid groups (broad SMARTS) is 1. The molecule has 2 heterocycles. The van der Waals surface area contributed by atoms with Crippen molar-refractivity contribution in [3.05, 3.63) is 32.9 Å². The van der Waals surface area contributed by atoms with Gasteiger partial charge in [0.25, 0.3) is 5.95 Å². The fourth-order valence-corrected chi connectivity index (χ4v) is 1.97. The molecule has 18 heavy (non-hydrogen) atoms. The average Bonchev–Trinajstić information content (AvgIpc) is 2.58. The van der Waals surface area contributed by atoms with Gasteiger partial charge in [-0.3, -0.25) is 4.79 Å². The number of carbonyl (C=O) groups is 1. The van der Waals surface area contributed by atoms with Gasteiger partial charge >= 0.3 is 5.97 Å². The first-order valence-electron chi connectivity index (χ1n) is 5.24. The van der Waals surface area contributed by atoms with Crippen LogP contribution in [0.2, 0.25) is 0 Å². The summed E-state index contributed by atoms with van der Waals surface area (Å²) in [4.78, 5) is 19.1. The number of aliphatic carboxylic acids is 1. The third-order valence-corrected chi connectivity index (χ3v) is 3.12. The molecule has 2 aromatic rings. The molecule has 2 rings (SSSR count). The van der Waals surface area contributed by atoms with Crippen molar-refractivity contribution < 1.29 is 9.90 Å². The van der Waals surface area contributed by atoms with E-state index < -0.39 is 5.97 Å². The minimum atomic E-state index is -0.871. The van der Waals surface area contributed by atoms with Crippen LogP contribution in [0.5, 0.6) is 0 Å². The van der Waals surface area contributed by atoms with E-state index in [-0.39, 0.29) is 6.42 Å². The normalized spacial score (nSPS) is 10.6. The van der Waals surface area contributed by atoms with Gasteiger partial charge in [0.15, 0.2) is 0 Å². The number of aryl methyl sites for hydroxylation is 1. The van der Waals surface area contributed by atoms with Crippen molar-refractivity contribution in [1.29, 1.82) is 0 Å². The molecule has 1 N–H and O–H groups in total. The standard InChI is InChI=1S/C11H11IN4O2/c1-6-9(3-10(17)18)7(2)16(15-6)11-13-4-8(12)5-14-11/h4-5H,3H2,1-2H3,(H,17,18). The molecule has 0 unspecified atom stereocenters. The van der Waals surface area contributed by atoms with Crippen LogP contribution in [0, 0.1) is 17.4 Å². The van der Waals surface area contributed by atoms with Gasteiger partial charge in [0, 0.05) is 27.2 Å². The predicted octanol–water partition coefficient (Wildman–Crippen LogP) is 1.51. The molecule has 0 amide bonds. The topological polar surface area (TPSA) is 80.9 Å². The Hall–Kier alpha value is -1.51. The molecule has 0 saturated carbocycles. The van der Waals surface area contributed by atoms with Gasteiger partial charge in [0.1, 0.15) is 0 Å². The molecule has 6 nitrogen and oxygen atoms in total. The van der Waals surface area contributed by atoms with Crippen molar-refractivity contribution in [3.8, 4) is 5.95 Å². The van der Waals surface area contributed by atoms with E-state index in [2.05, 4.69) is 37.7 Å². The largest absolute Gasteiger partial charge is 0.481 e. The summed E-state index contributed by atoms with van der Waals surface area (Å²) >= 11 is 2.12. The van der Waals surface area contributed by atoms with Gasteiger partial charge in [-0.1, -0.05) is 0 Å². The Morgan fingerprint density at radius 2 is 2.00 bits per heavy atom. The number of hydrogen-bond acceptors (Lipinski definition) is 4. The molecule has 0 aliphatic carbocycles. The van der Waals surface area contributed by atoms with Gasteiger partial charge in [0.05, 0.1) is 12.1 Å². The van der Waals surface area contributed by atoms with Gasteiger partial charge in [-0.25, -0.2) is 14.6 Å². The van der Waals surface area contributed by atoms with Gasteiger partial charge in [0.2, 0.25) is 0 Å². The second kappa shape index (κ2) is 5.01. The zero-order chi connectivity index (χ0) is 13.3. The maximum absolute atomic E-state index is 10.8. The lowest BCUT2D eigenvalue weighted by Gasteiger charge is -2.02. The maximum atomic E-state index is 10.8. The third-order valence-electron chi connectivity index (χ3n) is 2.57. The van der Waals surface area contributed by atoms with E-state index in [0.717, 1.165) is 9.26 Å². The van der Waals surface area contributed by atoms with Crippen LogP contribution in [0.3, 0.4) is 0 Å². The Balaban J connectivity index is 2.46. The van der Waals surface area contributed by atoms with E-state index in [9.17, 15) is 4.79 Å². The molecular weight excluding hydrogens is 347 g/mol. The summed E-state index contributed by atoms with van der Waals surface area (Å²) in [6.07, 6.45) is 3.34. The summed E-state index contributed by atoms with van der Waals surface area (Å²) in [5, 5.41) is 13.2. The summed E-state index contributed by atoms with van der Waals surface area (Å²) in [6.45, 7) is 3.61. The minimum absolute atomic E-state index is 0.0396. The molecular formula is C11H11IN4O2. The molecule has 0 atom stereocenters. The monoisotopic (exact) mass is 358 g/mol. The van der Waals surface area contributed by atoms with E-state index in [1.165, 1.54) is 0 Å². The van der Waals surface area contributed by atoms with Crippen molar-refractivity contribution in [2.75, 3.05) is 0 Å². The van der Waals surface area contributed by atoms with E-state index in [1.807, 2.05) is 6.92 Å². The maximum Gasteiger partial charge on any atom is 0.307 e. The molecule has 0 aliphatic heterocycles. The highest BCUT2D eigenvalue weighted by Gasteiger charge is 2.16. The fourth-order valence-electron chi connectivity index (χ4n) is 1.69. The van der Waals surface area contributed by atoms with Crippen LogP contribution < -0.4 is 0 Å². The lowest BCUT2D eigenvalue weighted by molar-refractivity contribution is -0.136. The number of aromatic nitrogens is 4. The molecule has 0 bridgehead atoms. The zero-order valence-corrected chi connectivity index (χ0v) is 12.0. The first-order valence-corrected chi connectivity index (χ1v) is 6.31. The molecule has 0 radical (unpaired) electrons. The van der Waals surface area contributed by atoms with Gasteiger partial charge in [-0.05, 0) is 36.4 Å². The highest BCUT2D eigenvalue weighted by molar-refractivity contribution is 14.1. The summed E-state index contributed by atoms with van der Waals surface area (Å²) in [7, 11) is 0. The lowest BCUT2D eigenvalue weighted by Crippen LogP contribution is -2.06. The first kappa shape index (κ1) is 12.9. The van der Waals surface area contributed by atoms with Crippen molar-refractivity contribution in [2.45, 2.75) is 20.3 Å². The molecule has 0 aliphatic rings. The quantitative estimate of drug-likeness (QED) is 0.842. The predicted molar refractivity (Wildman–Crippen MR) is 72.7 cm³/mol. The van der Waals surface area contributed by atoms with E-state index >= 15 is 0 Å². The van der Waals surface area contributed by atoms with Crippen LogP contribution in [0.25, 0.3) is 5.95 Å². The molecule has 0 spiro atoms. The average molecular weight is 358 g/mol. The number of halogens is 1. The molecule has 0 fully saturated rings. The van der Waals surface area contributed by atoms with Crippen molar-refractivity contribution in [2.24, 2.45) is 0 Å². The second-order valence-electron chi connectivity index (χ2n) is 3.83. The van der Waals surface area contributed by atoms with Crippen molar-refractivity contribution >= 4 is 28.6 Å². The minimum Gasteiger partial charge on any atom is -0.481 e. The van der Waals surface area contributed by atoms with Gasteiger partial charge in [-0.2, -0.15) is 5.10 Å². The molecule has 94 valence electrons. The summed E-state index contributed by atoms with van der Waals surface area (Å²) in [5.41, 5.74) is 2.16. The molecule has 0 aromatic carbocycles. The van der Waals surface area contributed by atoms with Crippen LogP contribution >= 0.6 is 22.6 Å². The highest BCUT2D eigenvalue weighted by atomic mass is 127. The van der Waals surface area contributed by atoms with Crippen molar-refractivity contribution in [3.63, 3.8) is 0 Å². The zero-order valence-electron chi connectivity index (χ0n) is 9.88. The van der Waals surface area contributed by atoms with Crippen LogP contribution in [0.15, 0.2) is 12.4 Å². The Morgan fingerprint density at radius 3 is 2.56 bits per heavy atom. The highest BCUT2D eigenvalue weighted by Crippen LogP contribution is 2.16. The first-order chi connectivity index (χ1) is 8.49. The fraction of sp³-hybridized carbons (Fsp3) is 0.273. The number of rotatable bonds is 3. The smallest absolute Gasteiger partial charge is 0.307 e. The number of hydrogen-bond donors (Lipinski definition) is 1. The van der Waals surface area contributed by atoms with Crippen LogP contribution in [-0.4, -0.2) is 30.8 Å². The Kier molecular flexibility index (Phi) is 3.60. The molecule has 2 aromatic heterocycles. The van der Waals surface area contributed by atoms with Crippen LogP contribution in [0.1, 0.15) is 17.0 Å². The number of carboxylic acids is 1. The summed E-state index contributed by atoms with van der Waals surface area (Å²) in [6, 6.07) is 0. The number of nitrogens with zero attached hydrogens (tertiary/aromatic N) is 4. The molecule has 7 heteroatoms. The Morgan fingerprint density at radius 1 is 1.39 bits per heavy atom. The lowest BCUT2D eigenvalue weighted by atomic mass is 10.1. The SMILES string of the molecule is Cc1nn(-c2ncc(I)cn2)c(C)c1CC(=O)O. The Labute approximate surface area is 117 Å². The summed E-state index contributed by atoms with van der Waals surface area (Å²) < 4.78 is 2.51. The molecule has 0 saturated heterocycles. The van der Waals surface area contributed by atoms with E-state index in [4.69, 9.17) is 5.11 Å². The van der Waals surface area contributed by atoms with E-state index in [0.29, 0.717) is 17.2 Å². The van der Waals surface area contributed by atoms with Gasteiger partial charge in [-0.15, -0.1) is 0 Å². The van der Waals surface area contributed by atoms with Crippen LogP contribution in [-0.2, 0) is 11.2 Å². The van der Waals surface area contributed by atoms with Gasteiger partial charge < -0.3 is 5.11 Å². The van der Waals surface area contributed by atoms with E-state index in [1.54, 1.807) is 24.0 Å². The second-order valence-corrected chi connectivity index (χ2v) is 5.08. The Bertz CT molecular complexity index is 592. The third kappa shape index (κ3) is 2.50. The van der Waals surface area contributed by atoms with Crippen molar-refractivity contribution in [1.82, 2.24) is 19.7 Å². The van der Waals surface area contributed by atoms with Crippen LogP contribution in [0.4, 0.5) is 0 Å².